The molecule has 0 bridgehead atoms. The van der Waals surface area contributed by atoms with E-state index in [4.69, 9.17) is 4.43 Å². The first kappa shape index (κ1) is 7.86. The molecule has 0 aromatic rings. The SMILES string of the molecule is CCC=C1CCC[SiH](C)O1. The van der Waals surface area contributed by atoms with E-state index in [1.165, 1.54) is 24.6 Å². The Morgan fingerprint density at radius 3 is 3.10 bits per heavy atom. The second-order valence-electron chi connectivity index (χ2n) is 2.90. The lowest BCUT2D eigenvalue weighted by molar-refractivity contribution is 0.382. The highest BCUT2D eigenvalue weighted by molar-refractivity contribution is 6.50. The molecule has 0 N–H and O–H groups in total. The third-order valence-corrected chi connectivity index (χ3v) is 3.74. The van der Waals surface area contributed by atoms with Crippen molar-refractivity contribution in [3.63, 3.8) is 0 Å². The zero-order valence-electron chi connectivity index (χ0n) is 6.89. The molecule has 1 saturated heterocycles. The second kappa shape index (κ2) is 3.81. The van der Waals surface area contributed by atoms with Crippen LogP contribution in [0.3, 0.4) is 0 Å². The van der Waals surface area contributed by atoms with Crippen LogP contribution in [-0.4, -0.2) is 9.04 Å². The van der Waals surface area contributed by atoms with Gasteiger partial charge in [-0.15, -0.1) is 0 Å². The predicted octanol–water partition coefficient (Wildman–Crippen LogP) is 2.44. The maximum Gasteiger partial charge on any atom is 0.232 e. The minimum atomic E-state index is -0.752. The monoisotopic (exact) mass is 156 g/mol. The Kier molecular flexibility index (Phi) is 3.00. The van der Waals surface area contributed by atoms with Gasteiger partial charge < -0.3 is 4.43 Å². The Morgan fingerprint density at radius 2 is 2.50 bits per heavy atom. The van der Waals surface area contributed by atoms with Gasteiger partial charge in [0.15, 0.2) is 0 Å². The van der Waals surface area contributed by atoms with Crippen LogP contribution in [-0.2, 0) is 4.43 Å². The first-order valence-corrected chi connectivity index (χ1v) is 6.63. The minimum Gasteiger partial charge on any atom is -0.550 e. The molecule has 1 fully saturated rings. The molecular weight excluding hydrogens is 140 g/mol. The van der Waals surface area contributed by atoms with Gasteiger partial charge in [0.05, 0.1) is 5.76 Å². The van der Waals surface area contributed by atoms with Crippen molar-refractivity contribution in [1.29, 1.82) is 0 Å². The average Bonchev–Trinajstić information content (AvgIpc) is 1.88. The fourth-order valence-corrected chi connectivity index (χ4v) is 2.95. The van der Waals surface area contributed by atoms with Gasteiger partial charge in [-0.2, -0.15) is 0 Å². The first-order valence-electron chi connectivity index (χ1n) is 4.18. The second-order valence-corrected chi connectivity index (χ2v) is 5.33. The Labute approximate surface area is 64.8 Å². The molecule has 0 aromatic heterocycles. The Hall–Kier alpha value is -0.243. The minimum absolute atomic E-state index is 0.752. The molecule has 58 valence electrons. The standard InChI is InChI=1S/C8H16OSi/c1-3-5-8-6-4-7-10(2)9-8/h5,10H,3-4,6-7H2,1-2H3. The van der Waals surface area contributed by atoms with Crippen molar-refractivity contribution < 1.29 is 4.43 Å². The summed E-state index contributed by atoms with van der Waals surface area (Å²) in [6, 6.07) is 1.36. The van der Waals surface area contributed by atoms with Gasteiger partial charge >= 0.3 is 0 Å². The fraction of sp³-hybridized carbons (Fsp3) is 0.750. The molecule has 0 saturated carbocycles. The first-order chi connectivity index (χ1) is 4.83. The van der Waals surface area contributed by atoms with Crippen molar-refractivity contribution >= 4 is 9.04 Å². The third kappa shape index (κ3) is 2.18. The summed E-state index contributed by atoms with van der Waals surface area (Å²) in [5.74, 6) is 1.27. The molecule has 0 aromatic carbocycles. The topological polar surface area (TPSA) is 9.23 Å². The summed E-state index contributed by atoms with van der Waals surface area (Å²) < 4.78 is 5.73. The molecule has 1 heterocycles. The summed E-state index contributed by atoms with van der Waals surface area (Å²) >= 11 is 0. The lowest BCUT2D eigenvalue weighted by Crippen LogP contribution is -2.17. The molecule has 0 spiro atoms. The van der Waals surface area contributed by atoms with Gasteiger partial charge in [0.1, 0.15) is 0 Å². The smallest absolute Gasteiger partial charge is 0.232 e. The molecule has 10 heavy (non-hydrogen) atoms. The van der Waals surface area contributed by atoms with E-state index in [2.05, 4.69) is 19.5 Å². The lowest BCUT2D eigenvalue weighted by atomic mass is 10.2. The number of hydrogen-bond donors (Lipinski definition) is 0. The largest absolute Gasteiger partial charge is 0.550 e. The van der Waals surface area contributed by atoms with Crippen LogP contribution in [0.2, 0.25) is 12.6 Å². The Morgan fingerprint density at radius 1 is 1.70 bits per heavy atom. The van der Waals surface area contributed by atoms with Crippen LogP contribution in [0.1, 0.15) is 26.2 Å². The maximum absolute atomic E-state index is 5.73. The molecule has 0 amide bonds. The fourth-order valence-electron chi connectivity index (χ4n) is 1.32. The van der Waals surface area contributed by atoms with Gasteiger partial charge in [-0.25, -0.2) is 0 Å². The van der Waals surface area contributed by atoms with Gasteiger partial charge in [0.2, 0.25) is 9.04 Å². The summed E-state index contributed by atoms with van der Waals surface area (Å²) in [5, 5.41) is 0. The van der Waals surface area contributed by atoms with E-state index in [9.17, 15) is 0 Å². The molecule has 1 rings (SSSR count). The average molecular weight is 156 g/mol. The summed E-state index contributed by atoms with van der Waals surface area (Å²) in [4.78, 5) is 0. The molecule has 0 aliphatic carbocycles. The predicted molar refractivity (Wildman–Crippen MR) is 46.5 cm³/mol. The molecule has 0 radical (unpaired) electrons. The summed E-state index contributed by atoms with van der Waals surface area (Å²) in [6.45, 7) is 4.44. The highest BCUT2D eigenvalue weighted by Crippen LogP contribution is 2.20. The quantitative estimate of drug-likeness (QED) is 0.530. The number of allylic oxidation sites excluding steroid dienone is 2. The molecule has 1 atom stereocenters. The molecule has 1 nitrogen and oxygen atoms in total. The summed E-state index contributed by atoms with van der Waals surface area (Å²) in [6.07, 6.45) is 5.89. The van der Waals surface area contributed by atoms with Gasteiger partial charge in [0.25, 0.3) is 0 Å². The van der Waals surface area contributed by atoms with Gasteiger partial charge in [-0.05, 0) is 31.5 Å². The summed E-state index contributed by atoms with van der Waals surface area (Å²) in [5.41, 5.74) is 0. The molecular formula is C8H16OSi. The number of hydrogen-bond acceptors (Lipinski definition) is 1. The van der Waals surface area contributed by atoms with Crippen molar-refractivity contribution in [2.24, 2.45) is 0 Å². The Balaban J connectivity index is 2.39. The van der Waals surface area contributed by atoms with Gasteiger partial charge in [-0.1, -0.05) is 6.92 Å². The van der Waals surface area contributed by atoms with Crippen molar-refractivity contribution in [1.82, 2.24) is 0 Å². The van der Waals surface area contributed by atoms with Crippen LogP contribution >= 0.6 is 0 Å². The van der Waals surface area contributed by atoms with Crippen LogP contribution in [0.4, 0.5) is 0 Å². The van der Waals surface area contributed by atoms with Crippen molar-refractivity contribution in [2.45, 2.75) is 38.8 Å². The zero-order chi connectivity index (χ0) is 7.40. The van der Waals surface area contributed by atoms with E-state index in [0.717, 1.165) is 6.42 Å². The third-order valence-electron chi connectivity index (χ3n) is 1.82. The highest BCUT2D eigenvalue weighted by Gasteiger charge is 2.13. The normalized spacial score (nSPS) is 30.2. The van der Waals surface area contributed by atoms with E-state index in [1.54, 1.807) is 0 Å². The van der Waals surface area contributed by atoms with Crippen molar-refractivity contribution in [3.05, 3.63) is 11.8 Å². The number of rotatable bonds is 1. The van der Waals surface area contributed by atoms with Crippen LogP contribution in [0, 0.1) is 0 Å². The van der Waals surface area contributed by atoms with E-state index < -0.39 is 9.04 Å². The Bertz CT molecular complexity index is 131. The molecule has 1 unspecified atom stereocenters. The van der Waals surface area contributed by atoms with Crippen LogP contribution in [0.5, 0.6) is 0 Å². The highest BCUT2D eigenvalue weighted by atomic mass is 28.3. The molecule has 1 aliphatic rings. The van der Waals surface area contributed by atoms with Crippen LogP contribution in [0.15, 0.2) is 11.8 Å². The van der Waals surface area contributed by atoms with E-state index >= 15 is 0 Å². The van der Waals surface area contributed by atoms with E-state index in [-0.39, 0.29) is 0 Å². The lowest BCUT2D eigenvalue weighted by Gasteiger charge is -2.21. The molecule has 1 aliphatic heterocycles. The van der Waals surface area contributed by atoms with Gasteiger partial charge in [-0.3, -0.25) is 0 Å². The van der Waals surface area contributed by atoms with Crippen molar-refractivity contribution in [2.75, 3.05) is 0 Å². The van der Waals surface area contributed by atoms with E-state index in [0.29, 0.717) is 0 Å². The van der Waals surface area contributed by atoms with Crippen LogP contribution in [0.25, 0.3) is 0 Å². The zero-order valence-corrected chi connectivity index (χ0v) is 8.05. The van der Waals surface area contributed by atoms with Gasteiger partial charge in [0, 0.05) is 6.42 Å². The molecule has 2 heteroatoms. The van der Waals surface area contributed by atoms with Crippen LogP contribution < -0.4 is 0 Å². The summed E-state index contributed by atoms with van der Waals surface area (Å²) in [7, 11) is -0.752. The maximum atomic E-state index is 5.73. The van der Waals surface area contributed by atoms with E-state index in [1.807, 2.05) is 0 Å². The van der Waals surface area contributed by atoms with Crippen molar-refractivity contribution in [3.8, 4) is 0 Å².